The molecule has 0 bridgehead atoms. The maximum absolute atomic E-state index is 6.09. The van der Waals surface area contributed by atoms with Gasteiger partial charge in [0.05, 0.1) is 18.5 Å². The molecule has 0 radical (unpaired) electrons. The van der Waals surface area contributed by atoms with Crippen molar-refractivity contribution in [2.24, 2.45) is 0 Å². The molecule has 3 nitrogen and oxygen atoms in total. The molecule has 0 aliphatic heterocycles. The SMILES string of the molecule is COc1ccc(N)c(NCc2ccccc2Cl)c1. The van der Waals surface area contributed by atoms with Crippen LogP contribution in [-0.2, 0) is 6.54 Å². The van der Waals surface area contributed by atoms with Crippen molar-refractivity contribution in [2.75, 3.05) is 18.2 Å². The minimum absolute atomic E-state index is 0.622. The maximum Gasteiger partial charge on any atom is 0.121 e. The van der Waals surface area contributed by atoms with E-state index in [1.54, 1.807) is 7.11 Å². The molecule has 0 heterocycles. The lowest BCUT2D eigenvalue weighted by atomic mass is 10.2. The van der Waals surface area contributed by atoms with Crippen LogP contribution in [0.1, 0.15) is 5.56 Å². The summed E-state index contributed by atoms with van der Waals surface area (Å²) >= 11 is 6.09. The van der Waals surface area contributed by atoms with Crippen LogP contribution >= 0.6 is 11.6 Å². The van der Waals surface area contributed by atoms with Crippen molar-refractivity contribution >= 4 is 23.0 Å². The monoisotopic (exact) mass is 262 g/mol. The summed E-state index contributed by atoms with van der Waals surface area (Å²) in [5, 5.41) is 4.00. The molecule has 4 heteroatoms. The van der Waals surface area contributed by atoms with Crippen LogP contribution in [0.15, 0.2) is 42.5 Å². The second-order valence-electron chi connectivity index (χ2n) is 3.90. The Morgan fingerprint density at radius 1 is 1.22 bits per heavy atom. The number of benzene rings is 2. The Morgan fingerprint density at radius 2 is 2.00 bits per heavy atom. The molecule has 0 amide bonds. The van der Waals surface area contributed by atoms with Crippen LogP contribution in [0, 0.1) is 0 Å². The third-order valence-electron chi connectivity index (χ3n) is 2.69. The van der Waals surface area contributed by atoms with Gasteiger partial charge in [0, 0.05) is 17.6 Å². The van der Waals surface area contributed by atoms with Crippen LogP contribution in [0.5, 0.6) is 5.75 Å². The Bertz CT molecular complexity index is 543. The molecule has 0 fully saturated rings. The molecule has 2 aromatic carbocycles. The summed E-state index contributed by atoms with van der Waals surface area (Å²) < 4.78 is 5.16. The molecule has 2 aromatic rings. The number of hydrogen-bond acceptors (Lipinski definition) is 3. The first kappa shape index (κ1) is 12.6. The van der Waals surface area contributed by atoms with Crippen LogP contribution in [0.3, 0.4) is 0 Å². The van der Waals surface area contributed by atoms with Crippen molar-refractivity contribution in [3.05, 3.63) is 53.1 Å². The van der Waals surface area contributed by atoms with Gasteiger partial charge in [0.15, 0.2) is 0 Å². The molecule has 0 aromatic heterocycles. The van der Waals surface area contributed by atoms with Crippen molar-refractivity contribution in [1.29, 1.82) is 0 Å². The number of halogens is 1. The summed E-state index contributed by atoms with van der Waals surface area (Å²) in [6.45, 7) is 0.622. The Morgan fingerprint density at radius 3 is 2.72 bits per heavy atom. The highest BCUT2D eigenvalue weighted by atomic mass is 35.5. The summed E-state index contributed by atoms with van der Waals surface area (Å²) in [5.41, 5.74) is 8.45. The van der Waals surface area contributed by atoms with Gasteiger partial charge in [0.2, 0.25) is 0 Å². The zero-order chi connectivity index (χ0) is 13.0. The minimum Gasteiger partial charge on any atom is -0.497 e. The van der Waals surface area contributed by atoms with Gasteiger partial charge in [-0.25, -0.2) is 0 Å². The number of ether oxygens (including phenoxy) is 1. The highest BCUT2D eigenvalue weighted by Gasteiger charge is 2.03. The van der Waals surface area contributed by atoms with E-state index in [1.165, 1.54) is 0 Å². The van der Waals surface area contributed by atoms with Crippen LogP contribution in [0.4, 0.5) is 11.4 Å². The summed E-state index contributed by atoms with van der Waals surface area (Å²) in [6.07, 6.45) is 0. The summed E-state index contributed by atoms with van der Waals surface area (Å²) in [6, 6.07) is 13.2. The molecule has 94 valence electrons. The van der Waals surface area contributed by atoms with E-state index < -0.39 is 0 Å². The Kier molecular flexibility index (Phi) is 3.95. The molecule has 0 saturated heterocycles. The van der Waals surface area contributed by atoms with Gasteiger partial charge in [0.25, 0.3) is 0 Å². The second kappa shape index (κ2) is 5.65. The van der Waals surface area contributed by atoms with Gasteiger partial charge in [-0.1, -0.05) is 29.8 Å². The number of nitrogens with two attached hydrogens (primary N) is 1. The van der Waals surface area contributed by atoms with Crippen LogP contribution in [-0.4, -0.2) is 7.11 Å². The summed E-state index contributed by atoms with van der Waals surface area (Å²) in [4.78, 5) is 0. The third-order valence-corrected chi connectivity index (χ3v) is 3.06. The normalized spacial score (nSPS) is 10.1. The van der Waals surface area contributed by atoms with Gasteiger partial charge >= 0.3 is 0 Å². The average Bonchev–Trinajstić information content (AvgIpc) is 2.39. The van der Waals surface area contributed by atoms with Crippen molar-refractivity contribution in [2.45, 2.75) is 6.54 Å². The number of hydrogen-bond donors (Lipinski definition) is 2. The molecule has 0 aliphatic rings. The van der Waals surface area contributed by atoms with Gasteiger partial charge in [-0.3, -0.25) is 0 Å². The smallest absolute Gasteiger partial charge is 0.121 e. The molecule has 0 unspecified atom stereocenters. The molecule has 0 spiro atoms. The first-order chi connectivity index (χ1) is 8.70. The van der Waals surface area contributed by atoms with Gasteiger partial charge in [-0.15, -0.1) is 0 Å². The largest absolute Gasteiger partial charge is 0.497 e. The van der Waals surface area contributed by atoms with E-state index in [-0.39, 0.29) is 0 Å². The quantitative estimate of drug-likeness (QED) is 0.829. The lowest BCUT2D eigenvalue weighted by Crippen LogP contribution is -2.03. The molecule has 0 atom stereocenters. The lowest BCUT2D eigenvalue weighted by Gasteiger charge is -2.11. The van der Waals surface area contributed by atoms with Gasteiger partial charge in [0.1, 0.15) is 5.75 Å². The number of rotatable bonds is 4. The zero-order valence-electron chi connectivity index (χ0n) is 10.1. The number of nitrogens with one attached hydrogen (secondary N) is 1. The molecular formula is C14H15ClN2O. The van der Waals surface area contributed by atoms with E-state index in [4.69, 9.17) is 22.1 Å². The van der Waals surface area contributed by atoms with Gasteiger partial charge < -0.3 is 15.8 Å². The first-order valence-electron chi connectivity index (χ1n) is 5.61. The molecule has 3 N–H and O–H groups in total. The highest BCUT2D eigenvalue weighted by Crippen LogP contribution is 2.25. The van der Waals surface area contributed by atoms with Crippen LogP contribution in [0.2, 0.25) is 5.02 Å². The van der Waals surface area contributed by atoms with Gasteiger partial charge in [-0.05, 0) is 23.8 Å². The Labute approximate surface area is 112 Å². The number of methoxy groups -OCH3 is 1. The van der Waals surface area contributed by atoms with E-state index >= 15 is 0 Å². The molecule has 2 rings (SSSR count). The predicted octanol–water partition coefficient (Wildman–Crippen LogP) is 3.54. The second-order valence-corrected chi connectivity index (χ2v) is 4.31. The van der Waals surface area contributed by atoms with Gasteiger partial charge in [-0.2, -0.15) is 0 Å². The van der Waals surface area contributed by atoms with Crippen molar-refractivity contribution in [1.82, 2.24) is 0 Å². The van der Waals surface area contributed by atoms with E-state index in [0.29, 0.717) is 12.2 Å². The standard InChI is InChI=1S/C14H15ClN2O/c1-18-11-6-7-13(16)14(8-11)17-9-10-4-2-3-5-12(10)15/h2-8,17H,9,16H2,1H3. The van der Waals surface area contributed by atoms with Crippen LogP contribution < -0.4 is 15.8 Å². The Hall–Kier alpha value is -1.87. The van der Waals surface area contributed by atoms with E-state index in [0.717, 1.165) is 22.0 Å². The maximum atomic E-state index is 6.09. The molecule has 18 heavy (non-hydrogen) atoms. The highest BCUT2D eigenvalue weighted by molar-refractivity contribution is 6.31. The van der Waals surface area contributed by atoms with Crippen LogP contribution in [0.25, 0.3) is 0 Å². The fraction of sp³-hybridized carbons (Fsp3) is 0.143. The number of anilines is 2. The van der Waals surface area contributed by atoms with Crippen molar-refractivity contribution in [3.63, 3.8) is 0 Å². The fourth-order valence-corrected chi connectivity index (χ4v) is 1.85. The minimum atomic E-state index is 0.622. The predicted molar refractivity (Wildman–Crippen MR) is 76.2 cm³/mol. The van der Waals surface area contributed by atoms with E-state index in [1.807, 2.05) is 42.5 Å². The van der Waals surface area contributed by atoms with Crippen molar-refractivity contribution < 1.29 is 4.74 Å². The Balaban J connectivity index is 2.13. The summed E-state index contributed by atoms with van der Waals surface area (Å²) in [5.74, 6) is 0.769. The number of nitrogen functional groups attached to an aromatic ring is 1. The topological polar surface area (TPSA) is 47.3 Å². The van der Waals surface area contributed by atoms with Crippen molar-refractivity contribution in [3.8, 4) is 5.75 Å². The zero-order valence-corrected chi connectivity index (χ0v) is 10.9. The average molecular weight is 263 g/mol. The molecule has 0 saturated carbocycles. The first-order valence-corrected chi connectivity index (χ1v) is 5.99. The molecule has 0 aliphatic carbocycles. The van der Waals surface area contributed by atoms with E-state index in [9.17, 15) is 0 Å². The molecular weight excluding hydrogens is 248 g/mol. The third kappa shape index (κ3) is 2.87. The summed E-state index contributed by atoms with van der Waals surface area (Å²) in [7, 11) is 1.63. The fourth-order valence-electron chi connectivity index (χ4n) is 1.65. The lowest BCUT2D eigenvalue weighted by molar-refractivity contribution is 0.415. The van der Waals surface area contributed by atoms with E-state index in [2.05, 4.69) is 5.32 Å².